The molecule has 1 heterocycles. The number of hydrogen-bond donors (Lipinski definition) is 1. The van der Waals surface area contributed by atoms with Gasteiger partial charge in [-0.05, 0) is 30.7 Å². The summed E-state index contributed by atoms with van der Waals surface area (Å²) >= 11 is 5.95. The molecule has 27 heavy (non-hydrogen) atoms. The van der Waals surface area contributed by atoms with E-state index in [2.05, 4.69) is 4.98 Å². The molecule has 0 unspecified atom stereocenters. The van der Waals surface area contributed by atoms with Gasteiger partial charge in [0, 0.05) is 17.1 Å². The average Bonchev–Trinajstić information content (AvgIpc) is 2.90. The second-order valence-corrected chi connectivity index (χ2v) is 6.12. The van der Waals surface area contributed by atoms with E-state index < -0.39 is 29.7 Å². The zero-order valence-corrected chi connectivity index (χ0v) is 14.2. The highest BCUT2D eigenvalue weighted by molar-refractivity contribution is 6.31. The molecular formula is C16H11ClF8N2. The zero-order valence-electron chi connectivity index (χ0n) is 13.4. The molecule has 0 spiro atoms. The van der Waals surface area contributed by atoms with Gasteiger partial charge in [0.1, 0.15) is 5.82 Å². The summed E-state index contributed by atoms with van der Waals surface area (Å²) in [5.74, 6) is -14.2. The minimum absolute atomic E-state index is 0.0219. The molecule has 11 heteroatoms. The molecular weight excluding hydrogens is 408 g/mol. The minimum atomic E-state index is -6.46. The van der Waals surface area contributed by atoms with Gasteiger partial charge in [-0.25, -0.2) is 9.37 Å². The molecule has 2 nitrogen and oxygen atoms in total. The van der Waals surface area contributed by atoms with Crippen molar-refractivity contribution in [3.8, 4) is 0 Å². The number of halogens is 9. The molecule has 0 aliphatic carbocycles. The van der Waals surface area contributed by atoms with Gasteiger partial charge in [-0.3, -0.25) is 0 Å². The maximum atomic E-state index is 13.7. The Labute approximate surface area is 152 Å². The van der Waals surface area contributed by atoms with Crippen LogP contribution < -0.4 is 0 Å². The van der Waals surface area contributed by atoms with Crippen LogP contribution in [0.3, 0.4) is 0 Å². The number of hydrogen-bond acceptors (Lipinski definition) is 1. The molecule has 1 N–H and O–H groups in total. The van der Waals surface area contributed by atoms with Crippen LogP contribution in [0.15, 0.2) is 29.3 Å². The zero-order chi connectivity index (χ0) is 20.6. The molecule has 0 saturated heterocycles. The van der Waals surface area contributed by atoms with Crippen LogP contribution in [0, 0.1) is 12.7 Å². The van der Waals surface area contributed by atoms with Gasteiger partial charge in [0.25, 0.3) is 0 Å². The van der Waals surface area contributed by atoms with Gasteiger partial charge in [0.15, 0.2) is 5.82 Å². The first-order chi connectivity index (χ1) is 12.3. The van der Waals surface area contributed by atoms with Crippen molar-refractivity contribution in [1.82, 2.24) is 9.97 Å². The van der Waals surface area contributed by atoms with E-state index in [9.17, 15) is 35.1 Å². The van der Waals surface area contributed by atoms with E-state index in [-0.39, 0.29) is 22.8 Å². The normalized spacial score (nSPS) is 13.9. The molecule has 0 radical (unpaired) electrons. The largest absolute Gasteiger partial charge is 0.460 e. The van der Waals surface area contributed by atoms with Crippen molar-refractivity contribution in [2.75, 3.05) is 0 Å². The van der Waals surface area contributed by atoms with Gasteiger partial charge in [0.05, 0.1) is 5.69 Å². The van der Waals surface area contributed by atoms with E-state index in [1.165, 1.54) is 12.1 Å². The molecule has 0 aliphatic rings. The van der Waals surface area contributed by atoms with Crippen molar-refractivity contribution >= 4 is 17.7 Å². The Balaban J connectivity index is 2.31. The Bertz CT molecular complexity index is 837. The topological polar surface area (TPSA) is 28.7 Å². The van der Waals surface area contributed by atoms with Crippen molar-refractivity contribution in [2.45, 2.75) is 31.4 Å². The number of nitrogens with one attached hydrogen (secondary N) is 1. The maximum absolute atomic E-state index is 13.7. The number of imidazole rings is 1. The standard InChI is InChI=1S/C16H11ClF8N2/c1-8-12(7-10(17)6-9-2-4-11(18)5-3-9)27-13(26-8)14(19,20)15(21,22)16(23,24)25/h2-5,7H,6H2,1H3,(H,26,27)/b10-7+. The fourth-order valence-electron chi connectivity index (χ4n) is 2.09. The predicted molar refractivity (Wildman–Crippen MR) is 82.2 cm³/mol. The lowest BCUT2D eigenvalue weighted by molar-refractivity contribution is -0.361. The van der Waals surface area contributed by atoms with Crippen LogP contribution in [0.25, 0.3) is 6.08 Å². The number of aromatic amines is 1. The number of H-pyrrole nitrogens is 1. The average molecular weight is 419 g/mol. The van der Waals surface area contributed by atoms with Crippen LogP contribution in [0.1, 0.15) is 22.8 Å². The van der Waals surface area contributed by atoms with Crippen molar-refractivity contribution < 1.29 is 35.1 Å². The Morgan fingerprint density at radius 3 is 2.15 bits per heavy atom. The molecule has 0 bridgehead atoms. The second kappa shape index (κ2) is 7.14. The second-order valence-electron chi connectivity index (χ2n) is 5.64. The van der Waals surface area contributed by atoms with Crippen LogP contribution in [-0.4, -0.2) is 22.1 Å². The number of aromatic nitrogens is 2. The first kappa shape index (κ1) is 21.2. The molecule has 1 aromatic carbocycles. The molecule has 148 valence electrons. The lowest BCUT2D eigenvalue weighted by Crippen LogP contribution is -2.50. The number of rotatable bonds is 5. The summed E-state index contributed by atoms with van der Waals surface area (Å²) in [5.41, 5.74) is 0.0506. The SMILES string of the molecule is Cc1[nH]c(C(F)(F)C(F)(F)C(F)(F)F)nc1/C=C(/Cl)Cc1ccc(F)cc1. The lowest BCUT2D eigenvalue weighted by atomic mass is 10.1. The number of benzene rings is 1. The van der Waals surface area contributed by atoms with Gasteiger partial charge in [-0.2, -0.15) is 30.7 Å². The van der Waals surface area contributed by atoms with Gasteiger partial charge < -0.3 is 4.98 Å². The molecule has 2 aromatic rings. The number of aryl methyl sites for hydroxylation is 1. The quantitative estimate of drug-likeness (QED) is 0.595. The number of nitrogens with zero attached hydrogens (tertiary/aromatic N) is 1. The third kappa shape index (κ3) is 4.26. The molecule has 2 rings (SSSR count). The van der Waals surface area contributed by atoms with Crippen molar-refractivity contribution in [2.24, 2.45) is 0 Å². The third-order valence-electron chi connectivity index (χ3n) is 3.55. The Hall–Kier alpha value is -2.10. The highest BCUT2D eigenvalue weighted by atomic mass is 35.5. The summed E-state index contributed by atoms with van der Waals surface area (Å²) < 4.78 is 103. The van der Waals surface area contributed by atoms with Crippen LogP contribution >= 0.6 is 11.6 Å². The summed E-state index contributed by atoms with van der Waals surface area (Å²) in [4.78, 5) is 4.90. The van der Waals surface area contributed by atoms with Gasteiger partial charge in [0.2, 0.25) is 0 Å². The molecule has 0 amide bonds. The van der Waals surface area contributed by atoms with E-state index in [0.717, 1.165) is 25.1 Å². The fourth-order valence-corrected chi connectivity index (χ4v) is 2.34. The van der Waals surface area contributed by atoms with E-state index in [1.54, 1.807) is 4.98 Å². The molecule has 0 fully saturated rings. The van der Waals surface area contributed by atoms with Crippen molar-refractivity contribution in [1.29, 1.82) is 0 Å². The van der Waals surface area contributed by atoms with E-state index >= 15 is 0 Å². The number of allylic oxidation sites excluding steroid dienone is 1. The van der Waals surface area contributed by atoms with E-state index in [4.69, 9.17) is 11.6 Å². The predicted octanol–water partition coefficient (Wildman–Crippen LogP) is 5.97. The van der Waals surface area contributed by atoms with Crippen molar-refractivity contribution in [3.05, 3.63) is 57.9 Å². The summed E-state index contributed by atoms with van der Waals surface area (Å²) in [6.45, 7) is 1.16. The molecule has 0 saturated carbocycles. The Kier molecular flexibility index (Phi) is 5.61. The number of alkyl halides is 7. The van der Waals surface area contributed by atoms with Crippen LogP contribution in [0.2, 0.25) is 0 Å². The molecule has 1 aromatic heterocycles. The first-order valence-electron chi connectivity index (χ1n) is 7.25. The van der Waals surface area contributed by atoms with Crippen LogP contribution in [-0.2, 0) is 12.3 Å². The van der Waals surface area contributed by atoms with Crippen molar-refractivity contribution in [3.63, 3.8) is 0 Å². The molecule has 0 atom stereocenters. The minimum Gasteiger partial charge on any atom is -0.340 e. The maximum Gasteiger partial charge on any atom is 0.460 e. The Morgan fingerprint density at radius 1 is 1.07 bits per heavy atom. The monoisotopic (exact) mass is 418 g/mol. The van der Waals surface area contributed by atoms with Gasteiger partial charge in [-0.15, -0.1) is 0 Å². The molecule has 0 aliphatic heterocycles. The first-order valence-corrected chi connectivity index (χ1v) is 7.63. The smallest absolute Gasteiger partial charge is 0.340 e. The highest BCUT2D eigenvalue weighted by Gasteiger charge is 2.74. The Morgan fingerprint density at radius 2 is 1.63 bits per heavy atom. The van der Waals surface area contributed by atoms with Gasteiger partial charge >= 0.3 is 18.0 Å². The lowest BCUT2D eigenvalue weighted by Gasteiger charge is -2.26. The van der Waals surface area contributed by atoms with E-state index in [1.807, 2.05) is 0 Å². The van der Waals surface area contributed by atoms with Crippen LogP contribution in [0.5, 0.6) is 0 Å². The fraction of sp³-hybridized carbons (Fsp3) is 0.312. The highest BCUT2D eigenvalue weighted by Crippen LogP contribution is 2.51. The summed E-state index contributed by atoms with van der Waals surface area (Å²) in [7, 11) is 0. The third-order valence-corrected chi connectivity index (χ3v) is 3.79. The summed E-state index contributed by atoms with van der Waals surface area (Å²) in [6.07, 6.45) is -5.38. The van der Waals surface area contributed by atoms with E-state index in [0.29, 0.717) is 5.56 Å². The van der Waals surface area contributed by atoms with Crippen LogP contribution in [0.4, 0.5) is 35.1 Å². The van der Waals surface area contributed by atoms with Gasteiger partial charge in [-0.1, -0.05) is 23.7 Å². The summed E-state index contributed by atoms with van der Waals surface area (Å²) in [5, 5.41) is 0.0219. The summed E-state index contributed by atoms with van der Waals surface area (Å²) in [6, 6.07) is 5.15.